The van der Waals surface area contributed by atoms with E-state index in [0.29, 0.717) is 17.7 Å². The van der Waals surface area contributed by atoms with Gasteiger partial charge in [0.25, 0.3) is 0 Å². The minimum Gasteiger partial charge on any atom is -0.469 e. The summed E-state index contributed by atoms with van der Waals surface area (Å²) in [6, 6.07) is 6.29. The Morgan fingerprint density at radius 2 is 2.20 bits per heavy atom. The summed E-state index contributed by atoms with van der Waals surface area (Å²) in [6.07, 6.45) is 1.48. The monoisotopic (exact) mass is 276 g/mol. The minimum atomic E-state index is -0.330. The zero-order valence-electron chi connectivity index (χ0n) is 11.4. The second-order valence-corrected chi connectivity index (χ2v) is 4.99. The predicted molar refractivity (Wildman–Crippen MR) is 71.1 cm³/mol. The summed E-state index contributed by atoms with van der Waals surface area (Å²) in [7, 11) is 1.40. The van der Waals surface area contributed by atoms with E-state index in [0.717, 1.165) is 25.9 Å². The largest absolute Gasteiger partial charge is 0.469 e. The molecule has 0 atom stereocenters. The van der Waals surface area contributed by atoms with E-state index >= 15 is 0 Å². The van der Waals surface area contributed by atoms with Gasteiger partial charge in [-0.15, -0.1) is 0 Å². The van der Waals surface area contributed by atoms with Gasteiger partial charge < -0.3 is 4.74 Å². The molecule has 20 heavy (non-hydrogen) atoms. The summed E-state index contributed by atoms with van der Waals surface area (Å²) in [5, 5.41) is 9.03. The topological polar surface area (TPSA) is 53.3 Å². The fourth-order valence-electron chi connectivity index (χ4n) is 2.54. The normalized spacial score (nSPS) is 16.6. The van der Waals surface area contributed by atoms with Crippen LogP contribution in [0.2, 0.25) is 0 Å². The van der Waals surface area contributed by atoms with Crippen molar-refractivity contribution in [1.82, 2.24) is 4.90 Å². The molecular weight excluding hydrogens is 259 g/mol. The Morgan fingerprint density at radius 3 is 2.80 bits per heavy atom. The van der Waals surface area contributed by atoms with Crippen LogP contribution in [0.1, 0.15) is 24.0 Å². The molecule has 1 aliphatic rings. The third kappa shape index (κ3) is 3.34. The van der Waals surface area contributed by atoms with Crippen LogP contribution in [0.25, 0.3) is 0 Å². The van der Waals surface area contributed by atoms with Gasteiger partial charge in [0.1, 0.15) is 5.82 Å². The van der Waals surface area contributed by atoms with Gasteiger partial charge in [0.15, 0.2) is 0 Å². The number of benzene rings is 1. The van der Waals surface area contributed by atoms with E-state index in [1.54, 1.807) is 0 Å². The first-order valence-corrected chi connectivity index (χ1v) is 6.62. The molecule has 1 saturated heterocycles. The molecule has 0 spiro atoms. The van der Waals surface area contributed by atoms with E-state index in [-0.39, 0.29) is 17.7 Å². The molecule has 1 aliphatic heterocycles. The zero-order valence-corrected chi connectivity index (χ0v) is 11.4. The Morgan fingerprint density at radius 1 is 1.50 bits per heavy atom. The molecule has 2 rings (SSSR count). The Labute approximate surface area is 117 Å². The van der Waals surface area contributed by atoms with Crippen LogP contribution >= 0.6 is 0 Å². The first-order chi connectivity index (χ1) is 9.63. The van der Waals surface area contributed by atoms with Crippen molar-refractivity contribution in [3.63, 3.8) is 0 Å². The molecule has 0 amide bonds. The van der Waals surface area contributed by atoms with Crippen LogP contribution in [0, 0.1) is 23.1 Å². The molecular formula is C15H17FN2O2. The van der Waals surface area contributed by atoms with Gasteiger partial charge in [-0.3, -0.25) is 9.69 Å². The van der Waals surface area contributed by atoms with Crippen molar-refractivity contribution in [3.05, 3.63) is 35.1 Å². The number of hydrogen-bond acceptors (Lipinski definition) is 4. The number of carbonyl (C=O) groups is 1. The maximum Gasteiger partial charge on any atom is 0.308 e. The van der Waals surface area contributed by atoms with Crippen molar-refractivity contribution in [2.24, 2.45) is 5.92 Å². The van der Waals surface area contributed by atoms with Crippen molar-refractivity contribution < 1.29 is 13.9 Å². The summed E-state index contributed by atoms with van der Waals surface area (Å²) in [4.78, 5) is 13.6. The van der Waals surface area contributed by atoms with Gasteiger partial charge in [-0.2, -0.15) is 5.26 Å². The highest BCUT2D eigenvalue weighted by molar-refractivity contribution is 5.72. The Balaban J connectivity index is 1.98. The van der Waals surface area contributed by atoms with Gasteiger partial charge in [0.2, 0.25) is 0 Å². The number of piperidine rings is 1. The van der Waals surface area contributed by atoms with Crippen molar-refractivity contribution >= 4 is 5.97 Å². The van der Waals surface area contributed by atoms with E-state index in [2.05, 4.69) is 11.0 Å². The van der Waals surface area contributed by atoms with E-state index in [9.17, 15) is 9.18 Å². The van der Waals surface area contributed by atoms with Crippen molar-refractivity contribution in [1.29, 1.82) is 5.26 Å². The van der Waals surface area contributed by atoms with E-state index in [4.69, 9.17) is 10.00 Å². The van der Waals surface area contributed by atoms with Crippen molar-refractivity contribution in [2.75, 3.05) is 20.2 Å². The maximum absolute atomic E-state index is 13.3. The lowest BCUT2D eigenvalue weighted by atomic mass is 9.96. The number of halogens is 1. The van der Waals surface area contributed by atoms with Crippen LogP contribution in [0.5, 0.6) is 0 Å². The molecule has 1 aromatic carbocycles. The summed E-state index contributed by atoms with van der Waals surface area (Å²) in [5.41, 5.74) is 1.20. The SMILES string of the molecule is COC(=O)C1CCN(Cc2cc(F)ccc2C#N)CC1. The minimum absolute atomic E-state index is 0.0424. The molecule has 4 nitrogen and oxygen atoms in total. The predicted octanol–water partition coefficient (Wildman–Crippen LogP) is 2.08. The number of rotatable bonds is 3. The van der Waals surface area contributed by atoms with Crippen LogP contribution < -0.4 is 0 Å². The van der Waals surface area contributed by atoms with Gasteiger partial charge >= 0.3 is 5.97 Å². The molecule has 0 saturated carbocycles. The molecule has 0 unspecified atom stereocenters. The van der Waals surface area contributed by atoms with Gasteiger partial charge in [-0.05, 0) is 49.7 Å². The lowest BCUT2D eigenvalue weighted by Gasteiger charge is -2.30. The highest BCUT2D eigenvalue weighted by Gasteiger charge is 2.25. The fourth-order valence-corrected chi connectivity index (χ4v) is 2.54. The molecule has 0 N–H and O–H groups in total. The van der Waals surface area contributed by atoms with Gasteiger partial charge in [0.05, 0.1) is 24.7 Å². The Hall–Kier alpha value is -1.93. The Bertz CT molecular complexity index is 531. The van der Waals surface area contributed by atoms with Crippen molar-refractivity contribution in [2.45, 2.75) is 19.4 Å². The summed E-state index contributed by atoms with van der Waals surface area (Å²) in [5.74, 6) is -0.532. The van der Waals surface area contributed by atoms with Gasteiger partial charge in [0, 0.05) is 6.54 Å². The molecule has 106 valence electrons. The number of carbonyl (C=O) groups excluding carboxylic acids is 1. The third-order valence-corrected chi connectivity index (χ3v) is 3.70. The third-order valence-electron chi connectivity index (χ3n) is 3.70. The number of nitrogens with zero attached hydrogens (tertiary/aromatic N) is 2. The molecule has 1 heterocycles. The van der Waals surface area contributed by atoms with Crippen molar-refractivity contribution in [3.8, 4) is 6.07 Å². The summed E-state index contributed by atoms with van der Waals surface area (Å²) >= 11 is 0. The van der Waals surface area contributed by atoms with Crippen LogP contribution in [0.15, 0.2) is 18.2 Å². The zero-order chi connectivity index (χ0) is 14.5. The quantitative estimate of drug-likeness (QED) is 0.793. The highest BCUT2D eigenvalue weighted by Crippen LogP contribution is 2.21. The smallest absolute Gasteiger partial charge is 0.308 e. The number of likely N-dealkylation sites (tertiary alicyclic amines) is 1. The lowest BCUT2D eigenvalue weighted by Crippen LogP contribution is -2.36. The lowest BCUT2D eigenvalue weighted by molar-refractivity contribution is -0.147. The summed E-state index contributed by atoms with van der Waals surface area (Å²) in [6.45, 7) is 2.04. The fraction of sp³-hybridized carbons (Fsp3) is 0.467. The number of methoxy groups -OCH3 is 1. The highest BCUT2D eigenvalue weighted by atomic mass is 19.1. The van der Waals surface area contributed by atoms with E-state index in [1.165, 1.54) is 25.3 Å². The number of ether oxygens (including phenoxy) is 1. The van der Waals surface area contributed by atoms with Crippen LogP contribution in [-0.2, 0) is 16.1 Å². The van der Waals surface area contributed by atoms with Crippen LogP contribution in [0.4, 0.5) is 4.39 Å². The first kappa shape index (κ1) is 14.5. The van der Waals surface area contributed by atoms with E-state index < -0.39 is 0 Å². The number of hydrogen-bond donors (Lipinski definition) is 0. The standard InChI is InChI=1S/C15H17FN2O2/c1-20-15(19)11-4-6-18(7-5-11)10-13-8-14(16)3-2-12(13)9-17/h2-3,8,11H,4-7,10H2,1H3. The number of esters is 1. The maximum atomic E-state index is 13.3. The molecule has 0 radical (unpaired) electrons. The molecule has 5 heteroatoms. The molecule has 1 fully saturated rings. The number of nitriles is 1. The van der Waals surface area contributed by atoms with Crippen LogP contribution in [-0.4, -0.2) is 31.1 Å². The second kappa shape index (κ2) is 6.49. The molecule has 0 bridgehead atoms. The van der Waals surface area contributed by atoms with Crippen LogP contribution in [0.3, 0.4) is 0 Å². The molecule has 0 aromatic heterocycles. The average molecular weight is 276 g/mol. The molecule has 1 aromatic rings. The average Bonchev–Trinajstić information content (AvgIpc) is 2.47. The molecule has 0 aliphatic carbocycles. The van der Waals surface area contributed by atoms with Gasteiger partial charge in [-0.1, -0.05) is 0 Å². The van der Waals surface area contributed by atoms with Gasteiger partial charge in [-0.25, -0.2) is 4.39 Å². The first-order valence-electron chi connectivity index (χ1n) is 6.62. The second-order valence-electron chi connectivity index (χ2n) is 4.99. The van der Waals surface area contributed by atoms with E-state index in [1.807, 2.05) is 0 Å². The Kier molecular flexibility index (Phi) is 4.70. The summed E-state index contributed by atoms with van der Waals surface area (Å²) < 4.78 is 18.0.